The quantitative estimate of drug-likeness (QED) is 0.738. The summed E-state index contributed by atoms with van der Waals surface area (Å²) in [4.78, 5) is 17.4. The van der Waals surface area contributed by atoms with E-state index in [4.69, 9.17) is 5.73 Å². The molecule has 2 atom stereocenters. The number of nitrogens with two attached hydrogens (primary N) is 1. The third kappa shape index (κ3) is 5.56. The maximum Gasteiger partial charge on any atom is 0.252 e. The Bertz CT molecular complexity index is 717. The summed E-state index contributed by atoms with van der Waals surface area (Å²) in [5.41, 5.74) is 8.01. The lowest BCUT2D eigenvalue weighted by Crippen LogP contribution is -2.41. The van der Waals surface area contributed by atoms with Crippen molar-refractivity contribution in [2.24, 2.45) is 11.7 Å². The summed E-state index contributed by atoms with van der Waals surface area (Å²) in [5.74, 6) is 0.372. The molecular formula is C18H31Cl2N5O. The molecule has 2 unspecified atom stereocenters. The van der Waals surface area contributed by atoms with Crippen LogP contribution in [0.3, 0.4) is 0 Å². The Morgan fingerprint density at radius 2 is 1.96 bits per heavy atom. The van der Waals surface area contributed by atoms with Gasteiger partial charge in [-0.15, -0.1) is 24.8 Å². The molecule has 2 aromatic rings. The summed E-state index contributed by atoms with van der Waals surface area (Å²) in [6, 6.07) is 2.04. The molecule has 2 heterocycles. The summed E-state index contributed by atoms with van der Waals surface area (Å²) in [5, 5.41) is 8.30. The number of carbonyl (C=O) groups excluding carboxylic acids is 1. The molecule has 0 aliphatic heterocycles. The zero-order valence-corrected chi connectivity index (χ0v) is 17.8. The molecule has 0 aliphatic carbocycles. The predicted molar refractivity (Wildman–Crippen MR) is 112 cm³/mol. The molecular weight excluding hydrogens is 373 g/mol. The van der Waals surface area contributed by atoms with Gasteiger partial charge in [-0.05, 0) is 38.7 Å². The van der Waals surface area contributed by atoms with Crippen molar-refractivity contribution in [3.05, 3.63) is 23.5 Å². The first-order chi connectivity index (χ1) is 11.4. The number of aryl methyl sites for hydroxylation is 1. The minimum atomic E-state index is -0.106. The van der Waals surface area contributed by atoms with Gasteiger partial charge in [0, 0.05) is 18.3 Å². The van der Waals surface area contributed by atoms with Gasteiger partial charge in [0.15, 0.2) is 5.65 Å². The third-order valence-corrected chi connectivity index (χ3v) is 4.32. The number of rotatable bonds is 7. The Balaban J connectivity index is 0.00000312. The molecule has 26 heavy (non-hydrogen) atoms. The van der Waals surface area contributed by atoms with E-state index in [0.717, 1.165) is 29.6 Å². The first kappa shape index (κ1) is 24.6. The molecule has 0 fully saturated rings. The normalized spacial score (nSPS) is 13.0. The van der Waals surface area contributed by atoms with Crippen LogP contribution in [0.4, 0.5) is 0 Å². The van der Waals surface area contributed by atoms with Gasteiger partial charge in [-0.2, -0.15) is 5.10 Å². The average Bonchev–Trinajstić information content (AvgIpc) is 2.95. The molecule has 8 heteroatoms. The predicted octanol–water partition coefficient (Wildman–Crippen LogP) is 3.66. The van der Waals surface area contributed by atoms with Crippen molar-refractivity contribution in [2.45, 2.75) is 59.5 Å². The largest absolute Gasteiger partial charge is 0.348 e. The zero-order valence-electron chi connectivity index (χ0n) is 16.2. The first-order valence-corrected chi connectivity index (χ1v) is 8.73. The van der Waals surface area contributed by atoms with E-state index in [2.05, 4.69) is 43.1 Å². The topological polar surface area (TPSA) is 85.8 Å². The van der Waals surface area contributed by atoms with E-state index < -0.39 is 0 Å². The Labute approximate surface area is 168 Å². The van der Waals surface area contributed by atoms with E-state index in [1.807, 2.05) is 17.7 Å². The number of pyridine rings is 1. The van der Waals surface area contributed by atoms with Crippen LogP contribution in [0.2, 0.25) is 0 Å². The fourth-order valence-electron chi connectivity index (χ4n) is 2.87. The second-order valence-electron chi connectivity index (χ2n) is 6.93. The van der Waals surface area contributed by atoms with Crippen molar-refractivity contribution in [3.8, 4) is 0 Å². The lowest BCUT2D eigenvalue weighted by Gasteiger charge is -2.19. The van der Waals surface area contributed by atoms with Crippen LogP contribution < -0.4 is 11.1 Å². The summed E-state index contributed by atoms with van der Waals surface area (Å²) < 4.78 is 1.90. The van der Waals surface area contributed by atoms with Crippen LogP contribution in [-0.2, 0) is 0 Å². The minimum Gasteiger partial charge on any atom is -0.348 e. The number of amides is 1. The monoisotopic (exact) mass is 403 g/mol. The minimum absolute atomic E-state index is 0. The number of fused-ring (bicyclic) bond motifs is 1. The van der Waals surface area contributed by atoms with Crippen LogP contribution in [0.5, 0.6) is 0 Å². The Morgan fingerprint density at radius 3 is 2.50 bits per heavy atom. The standard InChI is InChI=1S/C18H29N5O.2ClH/c1-6-13(5)23-17-16(10-20-23)15(8-12(4)21-17)18(24)22-14(9-19)7-11(2)3;;/h8,10-11,13-14H,6-7,9,19H2,1-5H3,(H,22,24);2*1H. The number of nitrogens with zero attached hydrogens (tertiary/aromatic N) is 3. The molecule has 0 saturated carbocycles. The molecule has 1 amide bonds. The van der Waals surface area contributed by atoms with Crippen LogP contribution in [0.25, 0.3) is 11.0 Å². The second-order valence-corrected chi connectivity index (χ2v) is 6.93. The number of aromatic nitrogens is 3. The highest BCUT2D eigenvalue weighted by Gasteiger charge is 2.20. The van der Waals surface area contributed by atoms with Crippen molar-refractivity contribution in [1.29, 1.82) is 0 Å². The van der Waals surface area contributed by atoms with Gasteiger partial charge in [0.25, 0.3) is 5.91 Å². The molecule has 148 valence electrons. The Kier molecular flexibility index (Phi) is 10.1. The van der Waals surface area contributed by atoms with E-state index in [1.54, 1.807) is 6.20 Å². The van der Waals surface area contributed by atoms with Gasteiger partial charge in [0.05, 0.1) is 23.2 Å². The fraction of sp³-hybridized carbons (Fsp3) is 0.611. The van der Waals surface area contributed by atoms with E-state index in [9.17, 15) is 4.79 Å². The fourth-order valence-corrected chi connectivity index (χ4v) is 2.87. The zero-order chi connectivity index (χ0) is 17.9. The van der Waals surface area contributed by atoms with Gasteiger partial charge in [-0.3, -0.25) is 4.79 Å². The van der Waals surface area contributed by atoms with Crippen molar-refractivity contribution in [1.82, 2.24) is 20.1 Å². The van der Waals surface area contributed by atoms with Crippen LogP contribution >= 0.6 is 24.8 Å². The number of carbonyl (C=O) groups is 1. The maximum atomic E-state index is 12.8. The highest BCUT2D eigenvalue weighted by Crippen LogP contribution is 2.22. The van der Waals surface area contributed by atoms with Gasteiger partial charge in [-0.25, -0.2) is 9.67 Å². The van der Waals surface area contributed by atoms with Crippen LogP contribution in [0, 0.1) is 12.8 Å². The van der Waals surface area contributed by atoms with Crippen molar-refractivity contribution in [3.63, 3.8) is 0 Å². The third-order valence-electron chi connectivity index (χ3n) is 4.32. The number of hydrogen-bond donors (Lipinski definition) is 2. The van der Waals surface area contributed by atoms with Gasteiger partial charge < -0.3 is 11.1 Å². The van der Waals surface area contributed by atoms with Crippen molar-refractivity contribution >= 4 is 41.8 Å². The summed E-state index contributed by atoms with van der Waals surface area (Å²) in [7, 11) is 0. The van der Waals surface area contributed by atoms with Gasteiger partial charge in [-0.1, -0.05) is 20.8 Å². The maximum absolute atomic E-state index is 12.8. The van der Waals surface area contributed by atoms with E-state index in [-0.39, 0.29) is 42.8 Å². The molecule has 0 bridgehead atoms. The smallest absolute Gasteiger partial charge is 0.252 e. The highest BCUT2D eigenvalue weighted by molar-refractivity contribution is 6.05. The van der Waals surface area contributed by atoms with Crippen molar-refractivity contribution in [2.75, 3.05) is 6.54 Å². The number of halogens is 2. The van der Waals surface area contributed by atoms with Crippen LogP contribution in [-0.4, -0.2) is 33.3 Å². The SMILES string of the molecule is CCC(C)n1ncc2c(C(=O)NC(CN)CC(C)C)cc(C)nc21.Cl.Cl. The molecule has 0 spiro atoms. The highest BCUT2D eigenvalue weighted by atomic mass is 35.5. The molecule has 6 nitrogen and oxygen atoms in total. The average molecular weight is 404 g/mol. The summed E-state index contributed by atoms with van der Waals surface area (Å²) in [6.07, 6.45) is 3.56. The molecule has 2 aromatic heterocycles. The van der Waals surface area contributed by atoms with Crippen LogP contribution in [0.1, 0.15) is 62.6 Å². The number of nitrogens with one attached hydrogen (secondary N) is 1. The summed E-state index contributed by atoms with van der Waals surface area (Å²) in [6.45, 7) is 10.8. The van der Waals surface area contributed by atoms with Crippen molar-refractivity contribution < 1.29 is 4.79 Å². The lowest BCUT2D eigenvalue weighted by atomic mass is 10.0. The molecule has 3 N–H and O–H groups in total. The second kappa shape index (κ2) is 10.7. The van der Waals surface area contributed by atoms with E-state index in [0.29, 0.717) is 18.0 Å². The van der Waals surface area contributed by atoms with E-state index in [1.165, 1.54) is 0 Å². The van der Waals surface area contributed by atoms with E-state index >= 15 is 0 Å². The molecule has 2 rings (SSSR count). The number of hydrogen-bond acceptors (Lipinski definition) is 4. The van der Waals surface area contributed by atoms with Gasteiger partial charge in [0.1, 0.15) is 0 Å². The van der Waals surface area contributed by atoms with Crippen LogP contribution in [0.15, 0.2) is 12.3 Å². The summed E-state index contributed by atoms with van der Waals surface area (Å²) >= 11 is 0. The molecule has 0 radical (unpaired) electrons. The molecule has 0 aromatic carbocycles. The lowest BCUT2D eigenvalue weighted by molar-refractivity contribution is 0.0935. The Hall–Kier alpha value is -1.37. The van der Waals surface area contributed by atoms with Gasteiger partial charge >= 0.3 is 0 Å². The molecule has 0 saturated heterocycles. The molecule has 0 aliphatic rings. The van der Waals surface area contributed by atoms with Gasteiger partial charge in [0.2, 0.25) is 0 Å². The Morgan fingerprint density at radius 1 is 1.31 bits per heavy atom. The first-order valence-electron chi connectivity index (χ1n) is 8.73.